The summed E-state index contributed by atoms with van der Waals surface area (Å²) in [5.41, 5.74) is 2.53. The molecule has 2 aromatic rings. The van der Waals surface area contributed by atoms with Crippen LogP contribution in [0.5, 0.6) is 0 Å². The SMILES string of the molecule is Cc1cccc(C)c1NC(=O)Cn1cccc2c(=O)n(Cc3cccnc3)c(=O)nc1-2. The second-order valence-corrected chi connectivity index (χ2v) is 7.34. The number of hydrogen-bond acceptors (Lipinski definition) is 5. The maximum absolute atomic E-state index is 13.0. The lowest BCUT2D eigenvalue weighted by Crippen LogP contribution is -2.38. The number of anilines is 1. The highest BCUT2D eigenvalue weighted by Crippen LogP contribution is 2.20. The van der Waals surface area contributed by atoms with Crippen LogP contribution in [0.3, 0.4) is 0 Å². The van der Waals surface area contributed by atoms with Gasteiger partial charge in [0.1, 0.15) is 6.54 Å². The number of aromatic nitrogens is 4. The number of aryl methyl sites for hydroxylation is 2. The van der Waals surface area contributed by atoms with Gasteiger partial charge in [-0.25, -0.2) is 4.79 Å². The van der Waals surface area contributed by atoms with Crippen LogP contribution in [-0.4, -0.2) is 25.0 Å². The minimum Gasteiger partial charge on any atom is -0.324 e. The molecule has 0 saturated carbocycles. The third-order valence-electron chi connectivity index (χ3n) is 5.07. The summed E-state index contributed by atoms with van der Waals surface area (Å²) in [6.45, 7) is 3.84. The Bertz CT molecular complexity index is 1320. The third kappa shape index (κ3) is 4.13. The predicted molar refractivity (Wildman–Crippen MR) is 117 cm³/mol. The number of nitrogens with zero attached hydrogens (tertiary/aromatic N) is 4. The highest BCUT2D eigenvalue weighted by molar-refractivity contribution is 5.92. The molecule has 0 saturated heterocycles. The van der Waals surface area contributed by atoms with Gasteiger partial charge in [-0.05, 0) is 48.7 Å². The molecule has 0 bridgehead atoms. The first-order chi connectivity index (χ1) is 14.9. The molecule has 2 aliphatic rings. The molecule has 0 spiro atoms. The van der Waals surface area contributed by atoms with Gasteiger partial charge in [0.25, 0.3) is 5.56 Å². The number of pyridine rings is 2. The van der Waals surface area contributed by atoms with Gasteiger partial charge in [-0.1, -0.05) is 24.3 Å². The van der Waals surface area contributed by atoms with Gasteiger partial charge in [-0.2, -0.15) is 4.98 Å². The zero-order chi connectivity index (χ0) is 22.0. The van der Waals surface area contributed by atoms with Gasteiger partial charge in [0.05, 0.1) is 12.1 Å². The van der Waals surface area contributed by atoms with E-state index in [9.17, 15) is 14.4 Å². The Kier molecular flexibility index (Phi) is 5.44. The molecule has 0 aliphatic carbocycles. The molecule has 1 amide bonds. The van der Waals surface area contributed by atoms with Crippen molar-refractivity contribution < 1.29 is 4.79 Å². The molecule has 1 aromatic carbocycles. The van der Waals surface area contributed by atoms with Gasteiger partial charge >= 0.3 is 5.69 Å². The van der Waals surface area contributed by atoms with E-state index < -0.39 is 11.2 Å². The van der Waals surface area contributed by atoms with Gasteiger partial charge in [-0.15, -0.1) is 0 Å². The molecule has 0 unspecified atom stereocenters. The first-order valence-corrected chi connectivity index (χ1v) is 9.79. The van der Waals surface area contributed by atoms with Gasteiger partial charge < -0.3 is 9.88 Å². The Hall–Kier alpha value is -4.07. The quantitative estimate of drug-likeness (QED) is 0.539. The fourth-order valence-electron chi connectivity index (χ4n) is 3.50. The van der Waals surface area contributed by atoms with E-state index in [-0.39, 0.29) is 30.4 Å². The molecular formula is C23H21N5O3. The second kappa shape index (κ2) is 8.35. The molecule has 4 rings (SSSR count). The molecule has 1 N–H and O–H groups in total. The van der Waals surface area contributed by atoms with Crippen LogP contribution in [0.2, 0.25) is 0 Å². The highest BCUT2D eigenvalue weighted by atomic mass is 16.2. The van der Waals surface area contributed by atoms with Crippen molar-refractivity contribution >= 4 is 11.6 Å². The topological polar surface area (TPSA) is 98.9 Å². The third-order valence-corrected chi connectivity index (χ3v) is 5.07. The number of amides is 1. The zero-order valence-corrected chi connectivity index (χ0v) is 17.2. The van der Waals surface area contributed by atoms with Crippen LogP contribution in [-0.2, 0) is 17.9 Å². The smallest absolute Gasteiger partial charge is 0.324 e. The number of carbonyl (C=O) groups is 1. The largest absolute Gasteiger partial charge is 0.352 e. The molecule has 0 atom stereocenters. The van der Waals surface area contributed by atoms with Crippen molar-refractivity contribution in [1.29, 1.82) is 0 Å². The number of nitrogens with one attached hydrogen (secondary N) is 1. The second-order valence-electron chi connectivity index (χ2n) is 7.34. The average molecular weight is 415 g/mol. The fraction of sp³-hybridized carbons (Fsp3) is 0.174. The lowest BCUT2D eigenvalue weighted by molar-refractivity contribution is -0.116. The Morgan fingerprint density at radius 1 is 1.03 bits per heavy atom. The van der Waals surface area contributed by atoms with Crippen molar-refractivity contribution in [3.63, 3.8) is 0 Å². The Labute approximate surface area is 178 Å². The number of rotatable bonds is 5. The van der Waals surface area contributed by atoms with Gasteiger partial charge in [0, 0.05) is 24.3 Å². The van der Waals surface area contributed by atoms with Gasteiger partial charge in [0.2, 0.25) is 5.91 Å². The van der Waals surface area contributed by atoms with Crippen LogP contribution in [0.1, 0.15) is 16.7 Å². The first-order valence-electron chi connectivity index (χ1n) is 9.79. The number of carbonyl (C=O) groups excluding carboxylic acids is 1. The summed E-state index contributed by atoms with van der Waals surface area (Å²) in [6.07, 6.45) is 4.85. The maximum atomic E-state index is 13.0. The van der Waals surface area contributed by atoms with Crippen LogP contribution in [0.25, 0.3) is 11.4 Å². The molecule has 0 radical (unpaired) electrons. The van der Waals surface area contributed by atoms with Crippen molar-refractivity contribution in [2.24, 2.45) is 0 Å². The summed E-state index contributed by atoms with van der Waals surface area (Å²) >= 11 is 0. The van der Waals surface area contributed by atoms with Crippen LogP contribution < -0.4 is 16.6 Å². The summed E-state index contributed by atoms with van der Waals surface area (Å²) in [5.74, 6) is -0.0970. The van der Waals surface area contributed by atoms with E-state index >= 15 is 0 Å². The normalized spacial score (nSPS) is 10.9. The average Bonchev–Trinajstić information content (AvgIpc) is 2.75. The van der Waals surface area contributed by atoms with Crippen molar-refractivity contribution in [2.45, 2.75) is 26.9 Å². The molecule has 31 heavy (non-hydrogen) atoms. The van der Waals surface area contributed by atoms with Gasteiger partial charge in [-0.3, -0.25) is 19.1 Å². The molecule has 2 aliphatic heterocycles. The van der Waals surface area contributed by atoms with Crippen molar-refractivity contribution in [3.8, 4) is 11.4 Å². The fourth-order valence-corrected chi connectivity index (χ4v) is 3.50. The zero-order valence-electron chi connectivity index (χ0n) is 17.2. The molecule has 8 nitrogen and oxygen atoms in total. The number of hydrogen-bond donors (Lipinski definition) is 1. The highest BCUT2D eigenvalue weighted by Gasteiger charge is 2.18. The van der Waals surface area contributed by atoms with Gasteiger partial charge in [0.15, 0.2) is 5.82 Å². The molecule has 0 fully saturated rings. The van der Waals surface area contributed by atoms with Crippen LogP contribution in [0.15, 0.2) is 70.6 Å². The molecule has 1 aromatic heterocycles. The maximum Gasteiger partial charge on any atom is 0.352 e. The van der Waals surface area contributed by atoms with E-state index in [0.29, 0.717) is 0 Å². The van der Waals surface area contributed by atoms with E-state index in [1.54, 1.807) is 42.9 Å². The van der Waals surface area contributed by atoms with Crippen molar-refractivity contribution in [3.05, 3.63) is 98.6 Å². The summed E-state index contributed by atoms with van der Waals surface area (Å²) in [7, 11) is 0. The summed E-state index contributed by atoms with van der Waals surface area (Å²) in [5, 5.41) is 2.91. The summed E-state index contributed by atoms with van der Waals surface area (Å²) in [4.78, 5) is 46.3. The standard InChI is InChI=1S/C23H21N5O3/c1-15-6-3-7-16(2)20(15)25-19(29)14-27-11-5-9-18-21(27)26-23(31)28(22(18)30)13-17-8-4-10-24-12-17/h3-12H,13-14H2,1-2H3,(H,25,29). The predicted octanol–water partition coefficient (Wildman–Crippen LogP) is 2.21. The Balaban J connectivity index is 1.66. The van der Waals surface area contributed by atoms with E-state index in [1.807, 2.05) is 32.0 Å². The molecule has 8 heteroatoms. The molecule has 156 valence electrons. The van der Waals surface area contributed by atoms with E-state index in [1.165, 1.54) is 4.57 Å². The molecular weight excluding hydrogens is 394 g/mol. The Morgan fingerprint density at radius 3 is 2.52 bits per heavy atom. The number of para-hydroxylation sites is 1. The van der Waals surface area contributed by atoms with Crippen LogP contribution in [0, 0.1) is 13.8 Å². The van der Waals surface area contributed by atoms with Crippen molar-refractivity contribution in [2.75, 3.05) is 5.32 Å². The van der Waals surface area contributed by atoms with Crippen LogP contribution >= 0.6 is 0 Å². The Morgan fingerprint density at radius 2 is 1.81 bits per heavy atom. The first kappa shape index (κ1) is 20.2. The number of fused-ring (bicyclic) bond motifs is 1. The summed E-state index contributed by atoms with van der Waals surface area (Å²) in [6, 6.07) is 12.6. The lowest BCUT2D eigenvalue weighted by Gasteiger charge is -2.16. The summed E-state index contributed by atoms with van der Waals surface area (Å²) < 4.78 is 2.58. The minimum atomic E-state index is -0.670. The minimum absolute atomic E-state index is 0.0797. The lowest BCUT2D eigenvalue weighted by atomic mass is 10.1. The molecule has 3 heterocycles. The van der Waals surface area contributed by atoms with E-state index in [0.717, 1.165) is 26.9 Å². The monoisotopic (exact) mass is 415 g/mol. The van der Waals surface area contributed by atoms with E-state index in [2.05, 4.69) is 15.3 Å². The van der Waals surface area contributed by atoms with Crippen LogP contribution in [0.4, 0.5) is 5.69 Å². The van der Waals surface area contributed by atoms with Crippen molar-refractivity contribution in [1.82, 2.24) is 19.1 Å². The number of benzene rings is 1. The van der Waals surface area contributed by atoms with E-state index in [4.69, 9.17) is 0 Å².